The molecule has 3 aromatic rings. The van der Waals surface area contributed by atoms with Crippen molar-refractivity contribution in [1.29, 1.82) is 0 Å². The minimum Gasteiger partial charge on any atom is -0.396 e. The lowest BCUT2D eigenvalue weighted by molar-refractivity contribution is -0.0161. The van der Waals surface area contributed by atoms with Gasteiger partial charge in [-0.1, -0.05) is 30.3 Å². The lowest BCUT2D eigenvalue weighted by atomic mass is 10.0. The number of aliphatic hydroxyl groups excluding tert-OH is 1. The third kappa shape index (κ3) is 8.38. The van der Waals surface area contributed by atoms with Crippen LogP contribution >= 0.6 is 0 Å². The quantitative estimate of drug-likeness (QED) is 0.213. The Balaban J connectivity index is 1.30. The van der Waals surface area contributed by atoms with Crippen LogP contribution in [0.1, 0.15) is 43.7 Å². The summed E-state index contributed by atoms with van der Waals surface area (Å²) in [7, 11) is -7.45. The maximum absolute atomic E-state index is 13.4. The number of hydrogen-bond acceptors (Lipinski definition) is 11. The first-order valence-corrected chi connectivity index (χ1v) is 18.5. The number of ether oxygens (including phenoxy) is 2. The molecule has 17 heteroatoms. The molecule has 0 radical (unpaired) electrons. The fourth-order valence-electron chi connectivity index (χ4n) is 6.23. The van der Waals surface area contributed by atoms with Gasteiger partial charge in [-0.05, 0) is 31.2 Å². The Morgan fingerprint density at radius 1 is 0.717 bits per heavy atom. The highest BCUT2D eigenvalue weighted by molar-refractivity contribution is 7.91. The molecule has 2 saturated heterocycles. The van der Waals surface area contributed by atoms with E-state index in [0.717, 1.165) is 16.7 Å². The van der Waals surface area contributed by atoms with Crippen LogP contribution < -0.4 is 22.5 Å². The highest BCUT2D eigenvalue weighted by Crippen LogP contribution is 2.38. The molecular weight excluding hydrogens is 644 g/mol. The predicted octanol–water partition coefficient (Wildman–Crippen LogP) is -0.303. The van der Waals surface area contributed by atoms with Crippen LogP contribution in [0.3, 0.4) is 0 Å². The number of aromatic nitrogens is 4. The summed E-state index contributed by atoms with van der Waals surface area (Å²) in [5, 5.41) is 9.55. The van der Waals surface area contributed by atoms with E-state index >= 15 is 0 Å². The summed E-state index contributed by atoms with van der Waals surface area (Å²) in [6, 6.07) is 10.9. The van der Waals surface area contributed by atoms with Crippen LogP contribution in [-0.4, -0.2) is 77.1 Å². The first-order chi connectivity index (χ1) is 21.8. The van der Waals surface area contributed by atoms with Gasteiger partial charge in [0.05, 0.1) is 35.2 Å². The van der Waals surface area contributed by atoms with Crippen molar-refractivity contribution in [2.24, 2.45) is 11.8 Å². The van der Waals surface area contributed by atoms with Crippen molar-refractivity contribution < 1.29 is 31.4 Å². The van der Waals surface area contributed by atoms with Gasteiger partial charge in [0.1, 0.15) is 12.5 Å². The van der Waals surface area contributed by atoms with Gasteiger partial charge in [-0.15, -0.1) is 0 Å². The fraction of sp³-hybridized carbons (Fsp3) is 0.517. The van der Waals surface area contributed by atoms with Gasteiger partial charge in [0, 0.05) is 43.0 Å². The standard InChI is InChI=1S/C29H36N4O11S2/c34-12-8-22-20(14-26(43-22)32-10-6-24(35)30-28(32)37)17-45(39,40)13-9-23-21(18-46(41,42)16-19-4-2-1-3-5-19)15-27(44-23)33-11-7-25(36)31-29(33)38/h1-7,10-11,20-23,26-27,34H,8-9,12-18H2,(H,30,35,37)(H,31,36,38)/t20-,21-,22-,23-,26-,27-/m1/s1. The van der Waals surface area contributed by atoms with Gasteiger partial charge in [0.15, 0.2) is 19.7 Å². The molecule has 15 nitrogen and oxygen atoms in total. The molecule has 250 valence electrons. The second-order valence-corrected chi connectivity index (χ2v) is 16.1. The SMILES string of the molecule is O=c1ccn([C@H]2C[C@H](CS(=O)(=O)CC[C@H]3O[C@@H](n4ccc(=O)[nH]c4=O)C[C@@H]3CS(=O)(=O)Cc3ccccc3)[C@@H](CCO)O2)c(=O)[nH]1. The van der Waals surface area contributed by atoms with Crippen LogP contribution in [0, 0.1) is 11.8 Å². The first kappa shape index (κ1) is 33.7. The third-order valence-corrected chi connectivity index (χ3v) is 11.8. The van der Waals surface area contributed by atoms with Gasteiger partial charge >= 0.3 is 11.4 Å². The van der Waals surface area contributed by atoms with Crippen LogP contribution in [0.15, 0.2) is 74.0 Å². The molecule has 2 aliphatic heterocycles. The van der Waals surface area contributed by atoms with Crippen molar-refractivity contribution in [3.63, 3.8) is 0 Å². The van der Waals surface area contributed by atoms with E-state index in [9.17, 15) is 41.1 Å². The molecule has 2 aliphatic rings. The summed E-state index contributed by atoms with van der Waals surface area (Å²) in [5.41, 5.74) is -2.02. The second kappa shape index (κ2) is 14.0. The molecule has 1 aromatic carbocycles. The number of aromatic amines is 2. The summed E-state index contributed by atoms with van der Waals surface area (Å²) < 4.78 is 67.6. The lowest BCUT2D eigenvalue weighted by Crippen LogP contribution is -2.32. The second-order valence-electron chi connectivity index (χ2n) is 11.7. The molecule has 5 rings (SSSR count). The van der Waals surface area contributed by atoms with Crippen LogP contribution in [-0.2, 0) is 34.9 Å². The van der Waals surface area contributed by atoms with E-state index in [-0.39, 0.29) is 55.3 Å². The molecule has 46 heavy (non-hydrogen) atoms. The summed E-state index contributed by atoms with van der Waals surface area (Å²) in [6.45, 7) is -0.269. The Kier molecular flexibility index (Phi) is 10.3. The number of nitrogens with zero attached hydrogens (tertiary/aromatic N) is 2. The zero-order valence-electron chi connectivity index (χ0n) is 24.8. The largest absolute Gasteiger partial charge is 0.396 e. The van der Waals surface area contributed by atoms with E-state index in [1.807, 2.05) is 0 Å². The van der Waals surface area contributed by atoms with E-state index in [1.165, 1.54) is 17.0 Å². The van der Waals surface area contributed by atoms with Crippen molar-refractivity contribution in [3.05, 3.63) is 102 Å². The number of rotatable bonds is 13. The van der Waals surface area contributed by atoms with E-state index in [2.05, 4.69) is 9.97 Å². The molecule has 6 atom stereocenters. The van der Waals surface area contributed by atoms with Gasteiger partial charge in [0.2, 0.25) is 0 Å². The highest BCUT2D eigenvalue weighted by Gasteiger charge is 2.42. The van der Waals surface area contributed by atoms with Crippen LogP contribution in [0.4, 0.5) is 0 Å². The third-order valence-electron chi connectivity index (χ3n) is 8.34. The molecule has 0 bridgehead atoms. The summed E-state index contributed by atoms with van der Waals surface area (Å²) >= 11 is 0. The molecule has 3 N–H and O–H groups in total. The van der Waals surface area contributed by atoms with E-state index in [1.54, 1.807) is 30.3 Å². The van der Waals surface area contributed by atoms with Gasteiger partial charge in [-0.2, -0.15) is 0 Å². The van der Waals surface area contributed by atoms with Gasteiger partial charge in [0.25, 0.3) is 11.1 Å². The van der Waals surface area contributed by atoms with Gasteiger partial charge in [-0.25, -0.2) is 26.4 Å². The van der Waals surface area contributed by atoms with E-state index in [0.29, 0.717) is 5.56 Å². The van der Waals surface area contributed by atoms with Gasteiger partial charge in [-0.3, -0.25) is 28.7 Å². The molecule has 4 heterocycles. The Labute approximate surface area is 263 Å². The Bertz CT molecular complexity index is 1970. The van der Waals surface area contributed by atoms with Crippen LogP contribution in [0.2, 0.25) is 0 Å². The predicted molar refractivity (Wildman–Crippen MR) is 166 cm³/mol. The van der Waals surface area contributed by atoms with Crippen molar-refractivity contribution in [3.8, 4) is 0 Å². The topological polar surface area (TPSA) is 217 Å². The maximum atomic E-state index is 13.4. The van der Waals surface area contributed by atoms with Crippen molar-refractivity contribution in [1.82, 2.24) is 19.1 Å². The molecule has 0 saturated carbocycles. The molecule has 0 amide bonds. The average molecular weight is 681 g/mol. The van der Waals surface area contributed by atoms with E-state index < -0.39 is 78.7 Å². The van der Waals surface area contributed by atoms with Gasteiger partial charge < -0.3 is 14.6 Å². The van der Waals surface area contributed by atoms with Crippen LogP contribution in [0.5, 0.6) is 0 Å². The molecular formula is C29H36N4O11S2. The maximum Gasteiger partial charge on any atom is 0.330 e. The van der Waals surface area contributed by atoms with Crippen molar-refractivity contribution in [2.45, 2.75) is 56.1 Å². The number of benzene rings is 1. The monoisotopic (exact) mass is 680 g/mol. The zero-order chi connectivity index (χ0) is 33.1. The number of H-pyrrole nitrogens is 2. The minimum atomic E-state index is -3.79. The molecule has 2 aromatic heterocycles. The lowest BCUT2D eigenvalue weighted by Gasteiger charge is -2.20. The summed E-state index contributed by atoms with van der Waals surface area (Å²) in [4.78, 5) is 52.1. The number of hydrogen-bond donors (Lipinski definition) is 3. The molecule has 0 unspecified atom stereocenters. The zero-order valence-corrected chi connectivity index (χ0v) is 26.4. The Morgan fingerprint density at radius 3 is 1.72 bits per heavy atom. The molecule has 0 aliphatic carbocycles. The number of aliphatic hydroxyl groups is 1. The summed E-state index contributed by atoms with van der Waals surface area (Å²) in [6.07, 6.45) is -0.386. The number of sulfone groups is 2. The van der Waals surface area contributed by atoms with Crippen LogP contribution in [0.25, 0.3) is 0 Å². The average Bonchev–Trinajstić information content (AvgIpc) is 3.55. The normalized spacial score (nSPS) is 25.2. The first-order valence-electron chi connectivity index (χ1n) is 14.8. The van der Waals surface area contributed by atoms with Crippen molar-refractivity contribution >= 4 is 19.7 Å². The highest BCUT2D eigenvalue weighted by atomic mass is 32.2. The van der Waals surface area contributed by atoms with Crippen molar-refractivity contribution in [2.75, 3.05) is 23.9 Å². The Morgan fingerprint density at radius 2 is 1.22 bits per heavy atom. The number of nitrogens with one attached hydrogen (secondary N) is 2. The fourth-order valence-corrected chi connectivity index (χ4v) is 9.81. The smallest absolute Gasteiger partial charge is 0.330 e. The summed E-state index contributed by atoms with van der Waals surface area (Å²) in [5.74, 6) is -2.40. The minimum absolute atomic E-state index is 0.0521. The molecule has 0 spiro atoms. The molecule has 2 fully saturated rings. The van der Waals surface area contributed by atoms with E-state index in [4.69, 9.17) is 9.47 Å². The Hall–Kier alpha value is -3.64.